The smallest absolute Gasteiger partial charge is 0.243 e. The van der Waals surface area contributed by atoms with Crippen molar-refractivity contribution >= 4 is 0 Å². The molecule has 5 heteroatoms. The fourth-order valence-corrected chi connectivity index (χ4v) is 2.64. The van der Waals surface area contributed by atoms with Crippen LogP contribution in [0.2, 0.25) is 0 Å². The number of aryl methyl sites for hydroxylation is 2. The number of nitrogens with zero attached hydrogens (tertiary/aromatic N) is 4. The van der Waals surface area contributed by atoms with Gasteiger partial charge in [0.15, 0.2) is 0 Å². The molecule has 0 spiro atoms. The molecule has 0 saturated heterocycles. The minimum atomic E-state index is 0.106. The fraction of sp³-hybridized carbons (Fsp3) is 0.333. The molecule has 0 bridgehead atoms. The van der Waals surface area contributed by atoms with Crippen molar-refractivity contribution in [1.82, 2.24) is 9.13 Å². The maximum Gasteiger partial charge on any atom is 0.243 e. The SMILES string of the molecule is C[n+]1ccn(CC(Cn2cc[n+](C)c2)OCc2ccccc2)c1. The van der Waals surface area contributed by atoms with Gasteiger partial charge in [0.2, 0.25) is 12.7 Å². The zero-order valence-electron chi connectivity index (χ0n) is 13.7. The minimum Gasteiger partial charge on any atom is -0.365 e. The van der Waals surface area contributed by atoms with Crippen molar-refractivity contribution < 1.29 is 13.9 Å². The summed E-state index contributed by atoms with van der Waals surface area (Å²) in [6.45, 7) is 2.29. The lowest BCUT2D eigenvalue weighted by molar-refractivity contribution is -0.671. The Morgan fingerprint density at radius 3 is 1.96 bits per heavy atom. The maximum absolute atomic E-state index is 6.19. The average molecular weight is 312 g/mol. The van der Waals surface area contributed by atoms with E-state index >= 15 is 0 Å². The number of imidazole rings is 2. The highest BCUT2D eigenvalue weighted by Crippen LogP contribution is 2.07. The Balaban J connectivity index is 1.67. The lowest BCUT2D eigenvalue weighted by Crippen LogP contribution is -2.29. The summed E-state index contributed by atoms with van der Waals surface area (Å²) >= 11 is 0. The molecule has 0 radical (unpaired) electrons. The molecule has 0 aliphatic heterocycles. The van der Waals surface area contributed by atoms with Crippen LogP contribution in [0.4, 0.5) is 0 Å². The topological polar surface area (TPSA) is 26.8 Å². The van der Waals surface area contributed by atoms with Crippen LogP contribution < -0.4 is 9.13 Å². The van der Waals surface area contributed by atoms with Crippen molar-refractivity contribution in [2.75, 3.05) is 0 Å². The van der Waals surface area contributed by atoms with E-state index in [0.717, 1.165) is 13.1 Å². The van der Waals surface area contributed by atoms with Crippen LogP contribution in [-0.2, 0) is 38.5 Å². The highest BCUT2D eigenvalue weighted by Gasteiger charge is 2.18. The third-order valence-corrected chi connectivity index (χ3v) is 3.80. The van der Waals surface area contributed by atoms with E-state index in [1.165, 1.54) is 5.56 Å². The summed E-state index contributed by atoms with van der Waals surface area (Å²) in [5, 5.41) is 0. The molecule has 0 unspecified atom stereocenters. The van der Waals surface area contributed by atoms with Gasteiger partial charge in [0.05, 0.1) is 20.7 Å². The first kappa shape index (κ1) is 15.5. The highest BCUT2D eigenvalue weighted by atomic mass is 16.5. The third kappa shape index (κ3) is 4.53. The van der Waals surface area contributed by atoms with Crippen molar-refractivity contribution in [3.8, 4) is 0 Å². The third-order valence-electron chi connectivity index (χ3n) is 3.80. The predicted octanol–water partition coefficient (Wildman–Crippen LogP) is 1.22. The van der Waals surface area contributed by atoms with Gasteiger partial charge in [0.25, 0.3) is 0 Å². The first-order chi connectivity index (χ1) is 11.2. The zero-order valence-corrected chi connectivity index (χ0v) is 13.7. The van der Waals surface area contributed by atoms with E-state index in [9.17, 15) is 0 Å². The van der Waals surface area contributed by atoms with Gasteiger partial charge in [-0.3, -0.25) is 0 Å². The molecule has 2 aromatic heterocycles. The van der Waals surface area contributed by atoms with Crippen LogP contribution in [0, 0.1) is 0 Å². The second-order valence-electron chi connectivity index (χ2n) is 5.97. The van der Waals surface area contributed by atoms with Crippen LogP contribution in [0.1, 0.15) is 5.56 Å². The number of rotatable bonds is 7. The number of benzene rings is 1. The minimum absolute atomic E-state index is 0.106. The van der Waals surface area contributed by atoms with E-state index in [1.54, 1.807) is 0 Å². The quantitative estimate of drug-likeness (QED) is 0.603. The Hall–Kier alpha value is -2.40. The number of hydrogen-bond donors (Lipinski definition) is 0. The Kier molecular flexibility index (Phi) is 4.88. The first-order valence-electron chi connectivity index (χ1n) is 7.86. The molecule has 0 aliphatic carbocycles. The number of hydrogen-bond acceptors (Lipinski definition) is 1. The van der Waals surface area contributed by atoms with Crippen LogP contribution in [0.5, 0.6) is 0 Å². The second kappa shape index (κ2) is 7.24. The Labute approximate surface area is 137 Å². The molecule has 3 rings (SSSR count). The molecule has 0 saturated carbocycles. The van der Waals surface area contributed by atoms with Crippen LogP contribution >= 0.6 is 0 Å². The van der Waals surface area contributed by atoms with Crippen LogP contribution in [-0.4, -0.2) is 15.2 Å². The molecule has 0 fully saturated rings. The van der Waals surface area contributed by atoms with Gasteiger partial charge in [-0.05, 0) is 5.56 Å². The molecule has 5 nitrogen and oxygen atoms in total. The summed E-state index contributed by atoms with van der Waals surface area (Å²) < 4.78 is 14.6. The largest absolute Gasteiger partial charge is 0.365 e. The van der Waals surface area contributed by atoms with E-state index in [2.05, 4.69) is 46.3 Å². The normalized spacial score (nSPS) is 11.3. The monoisotopic (exact) mass is 312 g/mol. The summed E-state index contributed by atoms with van der Waals surface area (Å²) in [6, 6.07) is 10.3. The van der Waals surface area contributed by atoms with Gasteiger partial charge in [-0.2, -0.15) is 0 Å². The van der Waals surface area contributed by atoms with Gasteiger partial charge in [0.1, 0.15) is 44.0 Å². The fourth-order valence-electron chi connectivity index (χ4n) is 2.64. The first-order valence-corrected chi connectivity index (χ1v) is 7.86. The highest BCUT2D eigenvalue weighted by molar-refractivity contribution is 5.13. The summed E-state index contributed by atoms with van der Waals surface area (Å²) in [4.78, 5) is 0. The molecule has 0 atom stereocenters. The molecular weight excluding hydrogens is 288 g/mol. The van der Waals surface area contributed by atoms with Crippen molar-refractivity contribution in [2.24, 2.45) is 14.1 Å². The zero-order chi connectivity index (χ0) is 16.1. The van der Waals surface area contributed by atoms with E-state index in [1.807, 2.05) is 53.8 Å². The summed E-state index contributed by atoms with van der Waals surface area (Å²) in [7, 11) is 4.06. The standard InChI is InChI=1S/C18H24N4O/c1-19-8-10-21(15-19)12-18(13-22-11-9-20(2)16-22)23-14-17-6-4-3-5-7-17/h3-11,15-16,18H,12-14H2,1-2H3/q+2. The van der Waals surface area contributed by atoms with E-state index in [0.29, 0.717) is 6.61 Å². The van der Waals surface area contributed by atoms with Crippen LogP contribution in [0.15, 0.2) is 67.8 Å². The van der Waals surface area contributed by atoms with Crippen LogP contribution in [0.3, 0.4) is 0 Å². The molecule has 1 aromatic carbocycles. The van der Waals surface area contributed by atoms with Crippen molar-refractivity contribution in [3.05, 3.63) is 73.3 Å². The van der Waals surface area contributed by atoms with Crippen LogP contribution in [0.25, 0.3) is 0 Å². The van der Waals surface area contributed by atoms with E-state index in [4.69, 9.17) is 4.74 Å². The van der Waals surface area contributed by atoms with E-state index in [-0.39, 0.29) is 6.10 Å². The molecule has 23 heavy (non-hydrogen) atoms. The molecule has 0 N–H and O–H groups in total. The summed E-state index contributed by atoms with van der Waals surface area (Å²) in [5.41, 5.74) is 1.20. The molecule has 0 amide bonds. The van der Waals surface area contributed by atoms with Crippen molar-refractivity contribution in [3.63, 3.8) is 0 Å². The molecule has 0 aliphatic rings. The molecular formula is C18H24N4O+2. The average Bonchev–Trinajstić information content (AvgIpc) is 3.14. The Morgan fingerprint density at radius 2 is 1.48 bits per heavy atom. The molecule has 120 valence electrons. The number of ether oxygens (including phenoxy) is 1. The van der Waals surface area contributed by atoms with Gasteiger partial charge in [-0.25, -0.2) is 18.3 Å². The van der Waals surface area contributed by atoms with Gasteiger partial charge in [-0.1, -0.05) is 30.3 Å². The van der Waals surface area contributed by atoms with Crippen molar-refractivity contribution in [1.29, 1.82) is 0 Å². The van der Waals surface area contributed by atoms with Crippen molar-refractivity contribution in [2.45, 2.75) is 25.8 Å². The molecule has 2 heterocycles. The second-order valence-corrected chi connectivity index (χ2v) is 5.97. The van der Waals surface area contributed by atoms with Gasteiger partial charge in [-0.15, -0.1) is 0 Å². The Bertz CT molecular complexity index is 690. The number of aromatic nitrogens is 4. The Morgan fingerprint density at radius 1 is 0.913 bits per heavy atom. The predicted molar refractivity (Wildman–Crippen MR) is 86.2 cm³/mol. The van der Waals surface area contributed by atoms with E-state index < -0.39 is 0 Å². The summed E-state index contributed by atoms with van der Waals surface area (Å²) in [6.07, 6.45) is 12.5. The lowest BCUT2D eigenvalue weighted by Gasteiger charge is -2.14. The molecule has 3 aromatic rings. The maximum atomic E-state index is 6.19. The lowest BCUT2D eigenvalue weighted by atomic mass is 10.2. The van der Waals surface area contributed by atoms with Gasteiger partial charge >= 0.3 is 0 Å². The summed E-state index contributed by atoms with van der Waals surface area (Å²) in [5.74, 6) is 0. The van der Waals surface area contributed by atoms with Gasteiger partial charge in [0, 0.05) is 0 Å². The van der Waals surface area contributed by atoms with Gasteiger partial charge < -0.3 is 4.74 Å².